The number of aromatic nitrogens is 1. The first-order chi connectivity index (χ1) is 25.0. The Morgan fingerprint density at radius 2 is 1.69 bits per heavy atom. The Morgan fingerprint density at radius 1 is 0.981 bits per heavy atom. The second kappa shape index (κ2) is 17.1. The average Bonchev–Trinajstić information content (AvgIpc) is 3.78. The van der Waals surface area contributed by atoms with Crippen molar-refractivity contribution in [1.29, 1.82) is 0 Å². The number of nitrogens with zero attached hydrogens (tertiary/aromatic N) is 2. The number of fused-ring (bicyclic) bond motifs is 1. The molecular weight excluding hydrogens is 706 g/mol. The summed E-state index contributed by atoms with van der Waals surface area (Å²) in [5.41, 5.74) is 2.62. The number of sulfonamides is 1. The SMILES string of the molecule is CS(=O)(=O)N[C@H](CCC1CCNCC1)C(=O)N1C[C@H](OCc2ccc(Cl)cc2)C[C@H]1C(=O)N[C@@H](Cc1ccccc1)C(=O)c1nc2ccccc2o1. The molecule has 0 spiro atoms. The first-order valence-electron chi connectivity index (χ1n) is 17.6. The highest BCUT2D eigenvalue weighted by Crippen LogP contribution is 2.27. The summed E-state index contributed by atoms with van der Waals surface area (Å²) in [7, 11) is -3.77. The fraction of sp³-hybridized carbons (Fsp3) is 0.421. The summed E-state index contributed by atoms with van der Waals surface area (Å²) in [4.78, 5) is 48.4. The van der Waals surface area contributed by atoms with Gasteiger partial charge in [0.2, 0.25) is 27.6 Å². The highest BCUT2D eigenvalue weighted by atomic mass is 35.5. The molecule has 2 aliphatic rings. The number of carbonyl (C=O) groups is 3. The van der Waals surface area contributed by atoms with Crippen molar-refractivity contribution in [2.45, 2.75) is 69.4 Å². The standard InChI is InChI=1S/C38H44ClN5O7S/c1-52(48,49)43-31(16-13-25-17-19-40-20-18-25)38(47)44-23-29(50-24-27-11-14-28(39)15-12-27)22-33(44)36(46)41-32(21-26-7-3-2-4-8-26)35(45)37-42-30-9-5-6-10-34(30)51-37/h2-12,14-15,25,29,31-33,40,43H,13,16-24H2,1H3,(H,41,46)/t29-,31-,32+,33+/m1/s1. The number of piperidine rings is 1. The lowest BCUT2D eigenvalue weighted by atomic mass is 9.91. The van der Waals surface area contributed by atoms with Gasteiger partial charge in [0.05, 0.1) is 19.0 Å². The van der Waals surface area contributed by atoms with E-state index >= 15 is 0 Å². The van der Waals surface area contributed by atoms with Gasteiger partial charge in [-0.1, -0.05) is 66.2 Å². The molecule has 2 amide bonds. The largest absolute Gasteiger partial charge is 0.434 e. The third-order valence-electron chi connectivity index (χ3n) is 9.64. The van der Waals surface area contributed by atoms with Gasteiger partial charge in [-0.25, -0.2) is 18.1 Å². The summed E-state index contributed by atoms with van der Waals surface area (Å²) in [6.45, 7) is 2.01. The van der Waals surface area contributed by atoms with E-state index < -0.39 is 51.9 Å². The number of halogens is 1. The Labute approximate surface area is 308 Å². The predicted molar refractivity (Wildman–Crippen MR) is 197 cm³/mol. The molecule has 276 valence electrons. The van der Waals surface area contributed by atoms with Crippen LogP contribution < -0.4 is 15.4 Å². The van der Waals surface area contributed by atoms with Crippen molar-refractivity contribution in [3.8, 4) is 0 Å². The van der Waals surface area contributed by atoms with Gasteiger partial charge < -0.3 is 24.7 Å². The number of carbonyl (C=O) groups excluding carboxylic acids is 3. The van der Waals surface area contributed by atoms with Crippen LogP contribution in [-0.4, -0.2) is 86.0 Å². The average molecular weight is 750 g/mol. The van der Waals surface area contributed by atoms with Gasteiger partial charge in [-0.2, -0.15) is 0 Å². The van der Waals surface area contributed by atoms with Gasteiger partial charge in [0.1, 0.15) is 23.6 Å². The number of nitrogens with one attached hydrogen (secondary N) is 3. The molecule has 2 aliphatic heterocycles. The van der Waals surface area contributed by atoms with Crippen LogP contribution in [0.3, 0.4) is 0 Å². The molecule has 4 aromatic rings. The van der Waals surface area contributed by atoms with E-state index in [4.69, 9.17) is 20.8 Å². The van der Waals surface area contributed by atoms with Gasteiger partial charge >= 0.3 is 0 Å². The lowest BCUT2D eigenvalue weighted by molar-refractivity contribution is -0.140. The van der Waals surface area contributed by atoms with E-state index in [1.54, 1.807) is 36.4 Å². The van der Waals surface area contributed by atoms with Crippen LogP contribution in [0.15, 0.2) is 83.3 Å². The minimum absolute atomic E-state index is 0.0578. The lowest BCUT2D eigenvalue weighted by Crippen LogP contribution is -2.55. The van der Waals surface area contributed by atoms with E-state index in [1.165, 1.54) is 4.90 Å². The van der Waals surface area contributed by atoms with Crippen molar-refractivity contribution in [3.63, 3.8) is 0 Å². The molecule has 3 aromatic carbocycles. The van der Waals surface area contributed by atoms with Crippen LogP contribution in [0.5, 0.6) is 0 Å². The predicted octanol–water partition coefficient (Wildman–Crippen LogP) is 4.28. The molecule has 6 rings (SSSR count). The molecule has 14 heteroatoms. The zero-order valence-electron chi connectivity index (χ0n) is 29.0. The molecule has 3 N–H and O–H groups in total. The molecule has 3 heterocycles. The fourth-order valence-corrected chi connectivity index (χ4v) is 7.78. The number of rotatable bonds is 15. The minimum atomic E-state index is -3.77. The lowest BCUT2D eigenvalue weighted by Gasteiger charge is -2.30. The summed E-state index contributed by atoms with van der Waals surface area (Å²) in [5.74, 6) is -1.38. The van der Waals surface area contributed by atoms with Crippen LogP contribution in [-0.2, 0) is 37.4 Å². The van der Waals surface area contributed by atoms with Crippen LogP contribution in [0.2, 0.25) is 5.02 Å². The Kier molecular flexibility index (Phi) is 12.4. The molecule has 52 heavy (non-hydrogen) atoms. The first-order valence-corrected chi connectivity index (χ1v) is 19.9. The van der Waals surface area contributed by atoms with E-state index in [0.717, 1.165) is 43.3 Å². The molecule has 0 unspecified atom stereocenters. The summed E-state index contributed by atoms with van der Waals surface area (Å²) >= 11 is 6.06. The van der Waals surface area contributed by atoms with Crippen LogP contribution >= 0.6 is 11.6 Å². The number of hydrogen-bond donors (Lipinski definition) is 3. The molecule has 0 aliphatic carbocycles. The van der Waals surface area contributed by atoms with Crippen LogP contribution in [0, 0.1) is 5.92 Å². The van der Waals surface area contributed by atoms with Crippen molar-refractivity contribution in [1.82, 2.24) is 25.2 Å². The van der Waals surface area contributed by atoms with E-state index in [2.05, 4.69) is 20.3 Å². The second-order valence-corrected chi connectivity index (χ2v) is 15.8. The van der Waals surface area contributed by atoms with Crippen molar-refractivity contribution in [3.05, 3.63) is 101 Å². The highest BCUT2D eigenvalue weighted by Gasteiger charge is 2.44. The Bertz CT molecular complexity index is 1920. The molecule has 1 aromatic heterocycles. The number of hydrogen-bond acceptors (Lipinski definition) is 9. The number of Topliss-reactive ketones (excluding diaryl/α,β-unsaturated/α-hetero) is 1. The topological polar surface area (TPSA) is 160 Å². The van der Waals surface area contributed by atoms with E-state index in [0.29, 0.717) is 28.5 Å². The normalized spacial score (nSPS) is 19.4. The van der Waals surface area contributed by atoms with Crippen LogP contribution in [0.1, 0.15) is 53.9 Å². The first kappa shape index (κ1) is 37.6. The van der Waals surface area contributed by atoms with E-state index in [9.17, 15) is 22.8 Å². The maximum Gasteiger partial charge on any atom is 0.266 e. The van der Waals surface area contributed by atoms with Crippen molar-refractivity contribution in [2.24, 2.45) is 5.92 Å². The molecule has 0 saturated carbocycles. The van der Waals surface area contributed by atoms with Crippen LogP contribution in [0.4, 0.5) is 0 Å². The van der Waals surface area contributed by atoms with Gasteiger partial charge in [0.25, 0.3) is 5.89 Å². The van der Waals surface area contributed by atoms with Gasteiger partial charge in [-0.15, -0.1) is 0 Å². The number of likely N-dealkylation sites (tertiary alicyclic amines) is 1. The van der Waals surface area contributed by atoms with Crippen molar-refractivity contribution in [2.75, 3.05) is 25.9 Å². The molecule has 2 fully saturated rings. The highest BCUT2D eigenvalue weighted by molar-refractivity contribution is 7.88. The smallest absolute Gasteiger partial charge is 0.266 e. The Balaban J connectivity index is 1.25. The summed E-state index contributed by atoms with van der Waals surface area (Å²) < 4.78 is 39.6. The number of oxazole rings is 1. The maximum atomic E-state index is 14.3. The molecule has 0 radical (unpaired) electrons. The number of benzene rings is 3. The summed E-state index contributed by atoms with van der Waals surface area (Å²) in [5, 5.41) is 6.82. The molecule has 0 bridgehead atoms. The Morgan fingerprint density at radius 3 is 2.40 bits per heavy atom. The monoisotopic (exact) mass is 749 g/mol. The number of ketones is 1. The van der Waals surface area contributed by atoms with Crippen LogP contribution in [0.25, 0.3) is 11.1 Å². The Hall–Kier alpha value is -4.14. The second-order valence-electron chi connectivity index (χ2n) is 13.6. The van der Waals surface area contributed by atoms with Gasteiger partial charge in [0, 0.05) is 24.4 Å². The zero-order chi connectivity index (χ0) is 36.7. The molecule has 2 saturated heterocycles. The quantitative estimate of drug-likeness (QED) is 0.151. The van der Waals surface area contributed by atoms with Gasteiger partial charge in [-0.05, 0) is 80.1 Å². The minimum Gasteiger partial charge on any atom is -0.434 e. The van der Waals surface area contributed by atoms with Gasteiger partial charge in [0.15, 0.2) is 5.58 Å². The van der Waals surface area contributed by atoms with Gasteiger partial charge in [-0.3, -0.25) is 14.4 Å². The summed E-state index contributed by atoms with van der Waals surface area (Å²) in [6, 6.07) is 20.3. The van der Waals surface area contributed by atoms with E-state index in [1.807, 2.05) is 42.5 Å². The molecule has 12 nitrogen and oxygen atoms in total. The third-order valence-corrected chi connectivity index (χ3v) is 10.6. The molecule has 4 atom stereocenters. The van der Waals surface area contributed by atoms with E-state index in [-0.39, 0.29) is 38.3 Å². The third kappa shape index (κ3) is 10.0. The van der Waals surface area contributed by atoms with Crippen molar-refractivity contribution < 1.29 is 32.0 Å². The number of ether oxygens (including phenoxy) is 1. The molecular formula is C38H44ClN5O7S. The number of amides is 2. The zero-order valence-corrected chi connectivity index (χ0v) is 30.6. The van der Waals surface area contributed by atoms with Crippen molar-refractivity contribution >= 4 is 50.3 Å². The number of para-hydroxylation sites is 2. The fourth-order valence-electron chi connectivity index (χ4n) is 6.92. The maximum absolute atomic E-state index is 14.3. The summed E-state index contributed by atoms with van der Waals surface area (Å²) in [6.07, 6.45) is 3.58.